The number of hydrogen-bond donors (Lipinski definition) is 8. The average molecular weight is 1950 g/mol. The van der Waals surface area contributed by atoms with Gasteiger partial charge in [-0.1, -0.05) is 569 Å². The van der Waals surface area contributed by atoms with Crippen molar-refractivity contribution in [2.75, 3.05) is 105 Å². The van der Waals surface area contributed by atoms with E-state index in [2.05, 4.69) is 75.0 Å². The van der Waals surface area contributed by atoms with Gasteiger partial charge in [-0.15, -0.1) is 0 Å². The SMILES string of the molecule is CCCCCCCCCCCCC(O)CN(CCC[N+](CCCN(CC(O)CCCCCCCCCCCC)CC(O)CCCCCCCCCCCC)(CCCN(CC(O)CCCCCCCCCCCC)CC(O)CCCCCCCCCCCC)CCCN(CC(O)CCCCCCCCCCCC)CC(O)CCCCCCCCCCCC)CC(O)CCCCCCCCCCCC. The lowest BCUT2D eigenvalue weighted by molar-refractivity contribution is -0.928. The number of aliphatic hydroxyl groups excluding tert-OH is 8. The zero-order chi connectivity index (χ0) is 99.8. The van der Waals surface area contributed by atoms with Crippen LogP contribution in [0, 0.1) is 0 Å². The Morgan fingerprint density at radius 1 is 0.124 bits per heavy atom. The first-order valence-corrected chi connectivity index (χ1v) is 63.3. The maximum atomic E-state index is 12.2. The summed E-state index contributed by atoms with van der Waals surface area (Å²) in [4.78, 5) is 9.86. The van der Waals surface area contributed by atoms with Gasteiger partial charge in [0.15, 0.2) is 0 Å². The summed E-state index contributed by atoms with van der Waals surface area (Å²) in [5.41, 5.74) is 0. The Balaban J connectivity index is 8.36. The summed E-state index contributed by atoms with van der Waals surface area (Å²) in [7, 11) is 0. The minimum atomic E-state index is -0.460. The Bertz CT molecular complexity index is 1810. The molecule has 8 unspecified atom stereocenters. The second kappa shape index (κ2) is 110. The normalized spacial score (nSPS) is 14.5. The third-order valence-electron chi connectivity index (χ3n) is 31.3. The monoisotopic (exact) mass is 1940 g/mol. The van der Waals surface area contributed by atoms with Crippen molar-refractivity contribution in [1.82, 2.24) is 19.6 Å². The van der Waals surface area contributed by atoms with E-state index in [4.69, 9.17) is 0 Å². The number of nitrogens with zero attached hydrogens (tertiary/aromatic N) is 5. The molecule has 0 saturated carbocycles. The summed E-state index contributed by atoms with van der Waals surface area (Å²) in [5.74, 6) is 0. The predicted molar refractivity (Wildman–Crippen MR) is 604 cm³/mol. The lowest BCUT2D eigenvalue weighted by Crippen LogP contribution is -2.54. The fourth-order valence-corrected chi connectivity index (χ4v) is 22.3. The third kappa shape index (κ3) is 99.9. The average Bonchev–Trinajstić information content (AvgIpc) is 0.852. The van der Waals surface area contributed by atoms with E-state index in [0.29, 0.717) is 52.4 Å². The van der Waals surface area contributed by atoms with Crippen molar-refractivity contribution in [3.05, 3.63) is 0 Å². The van der Waals surface area contributed by atoms with Crippen molar-refractivity contribution in [1.29, 1.82) is 0 Å². The van der Waals surface area contributed by atoms with Gasteiger partial charge in [0.25, 0.3) is 0 Å². The molecule has 13 heteroatoms. The zero-order valence-corrected chi connectivity index (χ0v) is 94.8. The molecule has 137 heavy (non-hydrogen) atoms. The van der Waals surface area contributed by atoms with E-state index in [1.807, 2.05) is 0 Å². The fraction of sp³-hybridized carbons (Fsp3) is 1.00. The molecule has 0 aromatic heterocycles. The van der Waals surface area contributed by atoms with Crippen molar-refractivity contribution in [3.63, 3.8) is 0 Å². The first-order valence-electron chi connectivity index (χ1n) is 63.3. The highest BCUT2D eigenvalue weighted by Gasteiger charge is 2.31. The molecule has 0 aliphatic carbocycles. The number of aliphatic hydroxyl groups is 8. The van der Waals surface area contributed by atoms with Crippen molar-refractivity contribution in [2.24, 2.45) is 0 Å². The minimum Gasteiger partial charge on any atom is -0.392 e. The largest absolute Gasteiger partial charge is 0.392 e. The molecular weight excluding hydrogens is 1690 g/mol. The smallest absolute Gasteiger partial charge is 0.0799 e. The summed E-state index contributed by atoms with van der Waals surface area (Å²) in [6.07, 6.45) is 108. The second-order valence-corrected chi connectivity index (χ2v) is 45.7. The van der Waals surface area contributed by atoms with Gasteiger partial charge in [-0.2, -0.15) is 0 Å². The molecule has 0 rings (SSSR count). The Morgan fingerprint density at radius 3 is 0.307 bits per heavy atom. The van der Waals surface area contributed by atoms with Crippen LogP contribution < -0.4 is 0 Å². The van der Waals surface area contributed by atoms with Crippen LogP contribution in [-0.2, 0) is 0 Å². The van der Waals surface area contributed by atoms with E-state index in [1.54, 1.807) is 0 Å². The van der Waals surface area contributed by atoms with E-state index in [-0.39, 0.29) is 0 Å². The molecule has 0 fully saturated rings. The van der Waals surface area contributed by atoms with Gasteiger partial charge < -0.3 is 45.3 Å². The highest BCUT2D eigenvalue weighted by Crippen LogP contribution is 2.26. The number of rotatable bonds is 120. The van der Waals surface area contributed by atoms with E-state index in [1.165, 1.54) is 411 Å². The second-order valence-electron chi connectivity index (χ2n) is 45.7. The van der Waals surface area contributed by atoms with Gasteiger partial charge in [0.05, 0.1) is 75.0 Å². The molecule has 0 aliphatic heterocycles. The van der Waals surface area contributed by atoms with Crippen molar-refractivity contribution in [3.8, 4) is 0 Å². The zero-order valence-electron chi connectivity index (χ0n) is 94.8. The third-order valence-corrected chi connectivity index (χ3v) is 31.3. The summed E-state index contributed by atoms with van der Waals surface area (Å²) in [6.45, 7) is 29.8. The Labute approximate surface area is 859 Å². The molecule has 8 atom stereocenters. The molecule has 13 nitrogen and oxygen atoms in total. The van der Waals surface area contributed by atoms with E-state index in [9.17, 15) is 40.9 Å². The minimum absolute atomic E-state index is 0.460. The standard InChI is InChI=1S/C124H256N5O8/c1-9-17-25-33-41-49-57-65-73-81-93-117(130)109-125(110-118(131)94-82-74-66-58-50-42-34-26-18-10-2)101-89-105-129(106-90-102-126(111-119(132)95-83-75-67-59-51-43-35-27-19-11-3)112-120(133)96-84-76-68-60-52-44-36-28-20-12-4,107-91-103-127(113-121(134)97-85-77-69-61-53-45-37-29-21-13-5)114-122(135)98-86-78-70-62-54-46-38-30-22-14-6)108-92-104-128(115-123(136)99-87-79-71-63-55-47-39-31-23-15-7)116-124(137)100-88-80-72-64-56-48-40-32-24-16-8/h117-124,130-137H,9-116H2,1-8H3/q+1. The molecule has 0 aromatic carbocycles. The molecule has 0 saturated heterocycles. The first-order chi connectivity index (χ1) is 67.1. The molecule has 0 bridgehead atoms. The number of quaternary nitrogens is 1. The molecule has 8 N–H and O–H groups in total. The number of hydrogen-bond acceptors (Lipinski definition) is 12. The Kier molecular flexibility index (Phi) is 109. The van der Waals surface area contributed by atoms with Crippen LogP contribution in [0.3, 0.4) is 0 Å². The van der Waals surface area contributed by atoms with Gasteiger partial charge in [-0.05, 0) is 51.4 Å². The fourth-order valence-electron chi connectivity index (χ4n) is 22.3. The predicted octanol–water partition coefficient (Wildman–Crippen LogP) is 33.9. The van der Waals surface area contributed by atoms with Crippen LogP contribution in [0.15, 0.2) is 0 Å². The van der Waals surface area contributed by atoms with Gasteiger partial charge in [-0.25, -0.2) is 0 Å². The molecule has 824 valence electrons. The van der Waals surface area contributed by atoms with Crippen LogP contribution in [0.25, 0.3) is 0 Å². The van der Waals surface area contributed by atoms with Crippen LogP contribution in [0.2, 0.25) is 0 Å². The van der Waals surface area contributed by atoms with Crippen LogP contribution in [0.1, 0.15) is 646 Å². The van der Waals surface area contributed by atoms with E-state index in [0.717, 1.165) is 237 Å². The Hall–Kier alpha value is -0.520. The molecule has 0 radical (unpaired) electrons. The molecule has 0 aliphatic rings. The number of unbranched alkanes of at least 4 members (excludes halogenated alkanes) is 72. The quantitative estimate of drug-likeness (QED) is 0.0214. The van der Waals surface area contributed by atoms with Crippen LogP contribution in [0.4, 0.5) is 0 Å². The molecule has 0 spiro atoms. The van der Waals surface area contributed by atoms with Crippen molar-refractivity contribution >= 4 is 0 Å². The van der Waals surface area contributed by atoms with Crippen LogP contribution >= 0.6 is 0 Å². The van der Waals surface area contributed by atoms with Crippen molar-refractivity contribution < 1.29 is 45.3 Å². The molecule has 0 aromatic rings. The van der Waals surface area contributed by atoms with Gasteiger partial charge in [-0.3, -0.25) is 19.6 Å². The maximum absolute atomic E-state index is 12.2. The maximum Gasteiger partial charge on any atom is 0.0799 e. The van der Waals surface area contributed by atoms with Crippen molar-refractivity contribution in [2.45, 2.75) is 695 Å². The van der Waals surface area contributed by atoms with Gasteiger partial charge in [0, 0.05) is 104 Å². The van der Waals surface area contributed by atoms with Gasteiger partial charge in [0.2, 0.25) is 0 Å². The first kappa shape index (κ1) is 136. The molecule has 0 amide bonds. The topological polar surface area (TPSA) is 175 Å². The van der Waals surface area contributed by atoms with E-state index < -0.39 is 48.8 Å². The summed E-state index contributed by atoms with van der Waals surface area (Å²) >= 11 is 0. The molecular formula is C124H256N5O8+. The summed E-state index contributed by atoms with van der Waals surface area (Å²) < 4.78 is 0.874. The lowest BCUT2D eigenvalue weighted by Gasteiger charge is -2.41. The van der Waals surface area contributed by atoms with Gasteiger partial charge in [0.1, 0.15) is 0 Å². The van der Waals surface area contributed by atoms with Crippen LogP contribution in [-0.4, -0.2) is 218 Å². The van der Waals surface area contributed by atoms with E-state index >= 15 is 0 Å². The summed E-state index contributed by atoms with van der Waals surface area (Å²) in [6, 6.07) is 0. The highest BCUT2D eigenvalue weighted by molar-refractivity contribution is 4.77. The lowest BCUT2D eigenvalue weighted by atomic mass is 10.0. The highest BCUT2D eigenvalue weighted by atomic mass is 16.3. The Morgan fingerprint density at radius 2 is 0.212 bits per heavy atom. The molecule has 0 heterocycles. The summed E-state index contributed by atoms with van der Waals surface area (Å²) in [5, 5.41) is 97.9. The van der Waals surface area contributed by atoms with Crippen LogP contribution in [0.5, 0.6) is 0 Å². The van der Waals surface area contributed by atoms with Gasteiger partial charge >= 0.3 is 0 Å².